The van der Waals surface area contributed by atoms with Crippen molar-refractivity contribution in [1.29, 1.82) is 0 Å². The number of aliphatic carboxylic acids is 1. The largest absolute Gasteiger partial charge is 0.481 e. The Morgan fingerprint density at radius 1 is 1.25 bits per heavy atom. The topological polar surface area (TPSA) is 66.4 Å². The molecule has 2 unspecified atom stereocenters. The molecule has 0 aliphatic heterocycles. The first-order chi connectivity index (χ1) is 9.54. The molecule has 1 aliphatic carbocycles. The second-order valence-electron chi connectivity index (χ2n) is 5.24. The lowest BCUT2D eigenvalue weighted by molar-refractivity contribution is -0.141. The van der Waals surface area contributed by atoms with Crippen LogP contribution in [0.2, 0.25) is 0 Å². The van der Waals surface area contributed by atoms with Crippen molar-refractivity contribution >= 4 is 11.9 Å². The minimum Gasteiger partial charge on any atom is -0.481 e. The molecule has 5 heteroatoms. The Balaban J connectivity index is 1.73. The van der Waals surface area contributed by atoms with Crippen molar-refractivity contribution in [2.24, 2.45) is 5.92 Å². The average Bonchev–Trinajstić information content (AvgIpc) is 2.87. The molecule has 2 rings (SSSR count). The Morgan fingerprint density at radius 2 is 1.95 bits per heavy atom. The molecule has 1 aromatic rings. The minimum absolute atomic E-state index is 0.0307. The highest BCUT2D eigenvalue weighted by Gasteiger charge is 2.30. The maximum absolute atomic E-state index is 12.7. The van der Waals surface area contributed by atoms with Gasteiger partial charge in [0.05, 0.1) is 5.92 Å². The molecule has 4 nitrogen and oxygen atoms in total. The van der Waals surface area contributed by atoms with Gasteiger partial charge >= 0.3 is 5.97 Å². The Hall–Kier alpha value is -1.91. The number of hydrogen-bond acceptors (Lipinski definition) is 2. The summed E-state index contributed by atoms with van der Waals surface area (Å²) in [4.78, 5) is 22.6. The molecule has 0 bridgehead atoms. The molecule has 0 spiro atoms. The van der Waals surface area contributed by atoms with Crippen molar-refractivity contribution < 1.29 is 19.1 Å². The zero-order valence-electron chi connectivity index (χ0n) is 11.1. The molecule has 0 radical (unpaired) electrons. The van der Waals surface area contributed by atoms with E-state index in [1.807, 2.05) is 0 Å². The third-order valence-corrected chi connectivity index (χ3v) is 3.70. The highest BCUT2D eigenvalue weighted by Crippen LogP contribution is 2.25. The third-order valence-electron chi connectivity index (χ3n) is 3.70. The lowest BCUT2D eigenvalue weighted by Gasteiger charge is -2.12. The number of hydrogen-bond donors (Lipinski definition) is 2. The Morgan fingerprint density at radius 3 is 2.55 bits per heavy atom. The van der Waals surface area contributed by atoms with Gasteiger partial charge in [-0.3, -0.25) is 9.59 Å². The van der Waals surface area contributed by atoms with E-state index in [1.165, 1.54) is 12.1 Å². The number of amides is 1. The summed E-state index contributed by atoms with van der Waals surface area (Å²) in [5, 5.41) is 11.8. The third kappa shape index (κ3) is 4.05. The number of benzene rings is 1. The first-order valence-electron chi connectivity index (χ1n) is 6.81. The SMILES string of the molecule is O=C(CCc1ccc(F)cc1)NC1CCC(C(=O)O)C1. The lowest BCUT2D eigenvalue weighted by atomic mass is 10.1. The van der Waals surface area contributed by atoms with Crippen LogP contribution in [-0.2, 0) is 16.0 Å². The van der Waals surface area contributed by atoms with Crippen LogP contribution in [0.5, 0.6) is 0 Å². The van der Waals surface area contributed by atoms with Gasteiger partial charge in [0.2, 0.25) is 5.91 Å². The number of aryl methyl sites for hydroxylation is 1. The fourth-order valence-electron chi connectivity index (χ4n) is 2.55. The molecule has 1 aliphatic rings. The van der Waals surface area contributed by atoms with E-state index in [1.54, 1.807) is 12.1 Å². The second-order valence-corrected chi connectivity index (χ2v) is 5.24. The van der Waals surface area contributed by atoms with Gasteiger partial charge in [0, 0.05) is 12.5 Å². The van der Waals surface area contributed by atoms with Crippen LogP contribution >= 0.6 is 0 Å². The number of carboxylic acids is 1. The van der Waals surface area contributed by atoms with Crippen LogP contribution in [0.4, 0.5) is 4.39 Å². The van der Waals surface area contributed by atoms with Crippen LogP contribution in [0.25, 0.3) is 0 Å². The molecule has 108 valence electrons. The molecule has 0 heterocycles. The first-order valence-corrected chi connectivity index (χ1v) is 6.81. The summed E-state index contributed by atoms with van der Waals surface area (Å²) in [5.74, 6) is -1.49. The Kier molecular flexibility index (Phi) is 4.71. The van der Waals surface area contributed by atoms with Crippen molar-refractivity contribution in [3.05, 3.63) is 35.6 Å². The predicted molar refractivity (Wildman–Crippen MR) is 71.6 cm³/mol. The molecular formula is C15H18FNO3. The monoisotopic (exact) mass is 279 g/mol. The summed E-state index contributed by atoms with van der Waals surface area (Å²) in [6.07, 6.45) is 2.75. The summed E-state index contributed by atoms with van der Waals surface area (Å²) >= 11 is 0. The summed E-state index contributed by atoms with van der Waals surface area (Å²) in [5.41, 5.74) is 0.913. The van der Waals surface area contributed by atoms with E-state index in [4.69, 9.17) is 5.11 Å². The predicted octanol–water partition coefficient (Wildman–Crippen LogP) is 2.13. The molecule has 2 atom stereocenters. The van der Waals surface area contributed by atoms with Gasteiger partial charge in [0.15, 0.2) is 0 Å². The van der Waals surface area contributed by atoms with Crippen LogP contribution in [0.3, 0.4) is 0 Å². The molecule has 1 amide bonds. The Bertz CT molecular complexity index is 486. The Labute approximate surface area is 117 Å². The lowest BCUT2D eigenvalue weighted by Crippen LogP contribution is -2.33. The van der Waals surface area contributed by atoms with Gasteiger partial charge in [0.25, 0.3) is 0 Å². The fraction of sp³-hybridized carbons (Fsp3) is 0.467. The zero-order valence-corrected chi connectivity index (χ0v) is 11.1. The van der Waals surface area contributed by atoms with Gasteiger partial charge in [-0.25, -0.2) is 4.39 Å². The van der Waals surface area contributed by atoms with Gasteiger partial charge in [-0.2, -0.15) is 0 Å². The highest BCUT2D eigenvalue weighted by molar-refractivity contribution is 5.77. The van der Waals surface area contributed by atoms with Crippen molar-refractivity contribution in [2.75, 3.05) is 0 Å². The average molecular weight is 279 g/mol. The normalized spacial score (nSPS) is 21.6. The number of halogens is 1. The van der Waals surface area contributed by atoms with E-state index in [-0.39, 0.29) is 23.7 Å². The fourth-order valence-corrected chi connectivity index (χ4v) is 2.55. The van der Waals surface area contributed by atoms with Crippen molar-refractivity contribution in [1.82, 2.24) is 5.32 Å². The van der Waals surface area contributed by atoms with Gasteiger partial charge in [-0.05, 0) is 43.4 Å². The van der Waals surface area contributed by atoms with Crippen molar-refractivity contribution in [3.63, 3.8) is 0 Å². The molecular weight excluding hydrogens is 261 g/mol. The maximum atomic E-state index is 12.7. The molecule has 1 fully saturated rings. The van der Waals surface area contributed by atoms with Crippen molar-refractivity contribution in [3.8, 4) is 0 Å². The number of carboxylic acid groups (broad SMARTS) is 1. The smallest absolute Gasteiger partial charge is 0.306 e. The molecule has 0 saturated heterocycles. The number of nitrogens with one attached hydrogen (secondary N) is 1. The van der Waals surface area contributed by atoms with Gasteiger partial charge in [0.1, 0.15) is 5.82 Å². The van der Waals surface area contributed by atoms with E-state index in [2.05, 4.69) is 5.32 Å². The maximum Gasteiger partial charge on any atom is 0.306 e. The van der Waals surface area contributed by atoms with Gasteiger partial charge in [-0.15, -0.1) is 0 Å². The van der Waals surface area contributed by atoms with E-state index < -0.39 is 5.97 Å². The zero-order chi connectivity index (χ0) is 14.5. The number of carbonyl (C=O) groups is 2. The number of carbonyl (C=O) groups excluding carboxylic acids is 1. The second kappa shape index (κ2) is 6.50. The summed E-state index contributed by atoms with van der Waals surface area (Å²) < 4.78 is 12.7. The molecule has 1 saturated carbocycles. The van der Waals surface area contributed by atoms with E-state index in [0.29, 0.717) is 25.7 Å². The molecule has 20 heavy (non-hydrogen) atoms. The molecule has 1 aromatic carbocycles. The molecule has 2 N–H and O–H groups in total. The van der Waals surface area contributed by atoms with Gasteiger partial charge in [-0.1, -0.05) is 12.1 Å². The van der Waals surface area contributed by atoms with Crippen molar-refractivity contribution in [2.45, 2.75) is 38.1 Å². The van der Waals surface area contributed by atoms with Crippen LogP contribution < -0.4 is 5.32 Å². The highest BCUT2D eigenvalue weighted by atomic mass is 19.1. The minimum atomic E-state index is -0.784. The van der Waals surface area contributed by atoms with Crippen LogP contribution in [-0.4, -0.2) is 23.0 Å². The van der Waals surface area contributed by atoms with E-state index in [0.717, 1.165) is 12.0 Å². The first kappa shape index (κ1) is 14.5. The van der Waals surface area contributed by atoms with E-state index >= 15 is 0 Å². The van der Waals surface area contributed by atoms with Gasteiger partial charge < -0.3 is 10.4 Å². The standard InChI is InChI=1S/C15H18FNO3/c16-12-5-1-10(2-6-12)3-8-14(18)17-13-7-4-11(9-13)15(19)20/h1-2,5-6,11,13H,3-4,7-9H2,(H,17,18)(H,19,20). The quantitative estimate of drug-likeness (QED) is 0.867. The van der Waals surface area contributed by atoms with Crippen LogP contribution in [0, 0.1) is 11.7 Å². The van der Waals surface area contributed by atoms with E-state index in [9.17, 15) is 14.0 Å². The van der Waals surface area contributed by atoms with Crippen LogP contribution in [0.1, 0.15) is 31.2 Å². The number of rotatable bonds is 5. The summed E-state index contributed by atoms with van der Waals surface area (Å²) in [6, 6.07) is 6.05. The summed E-state index contributed by atoms with van der Waals surface area (Å²) in [7, 11) is 0. The van der Waals surface area contributed by atoms with Crippen LogP contribution in [0.15, 0.2) is 24.3 Å². The molecule has 0 aromatic heterocycles. The summed E-state index contributed by atoms with van der Waals surface area (Å²) in [6.45, 7) is 0.